The summed E-state index contributed by atoms with van der Waals surface area (Å²) in [5.74, 6) is -2.06. The van der Waals surface area contributed by atoms with Gasteiger partial charge in [-0.1, -0.05) is 6.07 Å². The van der Waals surface area contributed by atoms with Gasteiger partial charge in [0, 0.05) is 19.6 Å². The number of nitrogens with zero attached hydrogens (tertiary/aromatic N) is 3. The number of carbonyl (C=O) groups is 1. The fourth-order valence-corrected chi connectivity index (χ4v) is 6.71. The lowest BCUT2D eigenvalue weighted by Gasteiger charge is -2.35. The molecule has 13 heteroatoms. The van der Waals surface area contributed by atoms with Crippen LogP contribution in [0.1, 0.15) is 47.6 Å². The van der Waals surface area contributed by atoms with E-state index < -0.39 is 44.4 Å². The SMILES string of the molecule is O=C(NCc1ccc(F)cc1S(=O)(=O)N1CCOCC1)c1nc2n(c(=O)c1O)CCOC21CCCC1. The largest absolute Gasteiger partial charge is 0.501 e. The molecule has 3 heterocycles. The van der Waals surface area contributed by atoms with E-state index in [9.17, 15) is 27.5 Å². The Hall–Kier alpha value is -2.87. The molecule has 1 saturated carbocycles. The summed E-state index contributed by atoms with van der Waals surface area (Å²) in [7, 11) is -4.04. The highest BCUT2D eigenvalue weighted by molar-refractivity contribution is 7.89. The number of halogens is 1. The molecular formula is C23H27FN4O7S. The van der Waals surface area contributed by atoms with Crippen molar-refractivity contribution in [1.29, 1.82) is 0 Å². The Labute approximate surface area is 206 Å². The van der Waals surface area contributed by atoms with E-state index in [1.807, 2.05) is 0 Å². The zero-order chi connectivity index (χ0) is 25.5. The first-order chi connectivity index (χ1) is 17.2. The Morgan fingerprint density at radius 2 is 1.89 bits per heavy atom. The third-order valence-electron chi connectivity index (χ3n) is 6.93. The normalized spacial score (nSPS) is 19.8. The average molecular weight is 523 g/mol. The number of aromatic hydroxyl groups is 1. The van der Waals surface area contributed by atoms with Crippen molar-refractivity contribution in [3.63, 3.8) is 0 Å². The molecule has 0 atom stereocenters. The van der Waals surface area contributed by atoms with Gasteiger partial charge in [0.15, 0.2) is 5.69 Å². The van der Waals surface area contributed by atoms with Gasteiger partial charge in [-0.15, -0.1) is 0 Å². The van der Waals surface area contributed by atoms with Crippen LogP contribution in [0.15, 0.2) is 27.9 Å². The number of aromatic nitrogens is 2. The first-order valence-corrected chi connectivity index (χ1v) is 13.3. The van der Waals surface area contributed by atoms with Crippen molar-refractivity contribution < 1.29 is 32.2 Å². The van der Waals surface area contributed by atoms with E-state index in [0.717, 1.165) is 25.0 Å². The van der Waals surface area contributed by atoms with Crippen molar-refractivity contribution in [1.82, 2.24) is 19.2 Å². The number of sulfonamides is 1. The second-order valence-corrected chi connectivity index (χ2v) is 11.0. The van der Waals surface area contributed by atoms with Crippen LogP contribution in [0.5, 0.6) is 5.75 Å². The minimum atomic E-state index is -4.04. The highest BCUT2D eigenvalue weighted by atomic mass is 32.2. The van der Waals surface area contributed by atoms with Crippen molar-refractivity contribution >= 4 is 15.9 Å². The van der Waals surface area contributed by atoms with Crippen LogP contribution in [-0.2, 0) is 38.2 Å². The fourth-order valence-electron chi connectivity index (χ4n) is 5.07. The van der Waals surface area contributed by atoms with Crippen LogP contribution in [0.4, 0.5) is 4.39 Å². The summed E-state index contributed by atoms with van der Waals surface area (Å²) >= 11 is 0. The Bertz CT molecular complexity index is 1350. The number of benzene rings is 1. The van der Waals surface area contributed by atoms with E-state index in [1.54, 1.807) is 0 Å². The number of rotatable bonds is 5. The molecule has 2 aliphatic heterocycles. The number of carbonyl (C=O) groups excluding carboxylic acids is 1. The van der Waals surface area contributed by atoms with E-state index in [4.69, 9.17) is 9.47 Å². The van der Waals surface area contributed by atoms with Crippen LogP contribution >= 0.6 is 0 Å². The van der Waals surface area contributed by atoms with Gasteiger partial charge in [-0.05, 0) is 43.4 Å². The van der Waals surface area contributed by atoms with Crippen LogP contribution in [0, 0.1) is 5.82 Å². The Kier molecular flexibility index (Phi) is 6.57. The monoisotopic (exact) mass is 522 g/mol. The summed E-state index contributed by atoms with van der Waals surface area (Å²) in [6.07, 6.45) is 3.10. The molecule has 0 unspecified atom stereocenters. The van der Waals surface area contributed by atoms with Crippen LogP contribution in [0.2, 0.25) is 0 Å². The number of fused-ring (bicyclic) bond motifs is 2. The van der Waals surface area contributed by atoms with Gasteiger partial charge in [-0.25, -0.2) is 17.8 Å². The number of nitrogens with one attached hydrogen (secondary N) is 1. The van der Waals surface area contributed by atoms with Crippen molar-refractivity contribution in [3.05, 3.63) is 51.5 Å². The number of morpholine rings is 1. The van der Waals surface area contributed by atoms with Gasteiger partial charge < -0.3 is 19.9 Å². The minimum absolute atomic E-state index is 0.130. The molecule has 1 amide bonds. The second kappa shape index (κ2) is 9.54. The second-order valence-electron chi connectivity index (χ2n) is 9.09. The summed E-state index contributed by atoms with van der Waals surface area (Å²) in [6.45, 7) is 0.951. The fraction of sp³-hybridized carbons (Fsp3) is 0.522. The molecule has 1 aromatic heterocycles. The predicted molar refractivity (Wildman–Crippen MR) is 123 cm³/mol. The molecule has 2 N–H and O–H groups in total. The minimum Gasteiger partial charge on any atom is -0.501 e. The Balaban J connectivity index is 1.43. The zero-order valence-corrected chi connectivity index (χ0v) is 20.4. The molecule has 1 aromatic carbocycles. The van der Waals surface area contributed by atoms with E-state index in [1.165, 1.54) is 14.9 Å². The maximum Gasteiger partial charge on any atom is 0.296 e. The van der Waals surface area contributed by atoms with Crippen molar-refractivity contribution in [2.45, 2.75) is 49.3 Å². The number of hydrogen-bond acceptors (Lipinski definition) is 8. The quantitative estimate of drug-likeness (QED) is 0.589. The smallest absolute Gasteiger partial charge is 0.296 e. The lowest BCUT2D eigenvalue weighted by molar-refractivity contribution is -0.0789. The van der Waals surface area contributed by atoms with Crippen molar-refractivity contribution in [2.24, 2.45) is 0 Å². The molecule has 36 heavy (non-hydrogen) atoms. The zero-order valence-electron chi connectivity index (χ0n) is 19.5. The Morgan fingerprint density at radius 3 is 2.61 bits per heavy atom. The summed E-state index contributed by atoms with van der Waals surface area (Å²) < 4.78 is 54.1. The summed E-state index contributed by atoms with van der Waals surface area (Å²) in [5, 5.41) is 13.0. The van der Waals surface area contributed by atoms with Crippen LogP contribution in [0.25, 0.3) is 0 Å². The molecule has 3 aliphatic rings. The molecule has 11 nitrogen and oxygen atoms in total. The van der Waals surface area contributed by atoms with Crippen LogP contribution in [-0.4, -0.2) is 66.2 Å². The number of ether oxygens (including phenoxy) is 2. The average Bonchev–Trinajstić information content (AvgIpc) is 3.35. The van der Waals surface area contributed by atoms with Gasteiger partial charge in [0.25, 0.3) is 11.5 Å². The lowest BCUT2D eigenvalue weighted by atomic mass is 9.99. The van der Waals surface area contributed by atoms with E-state index in [0.29, 0.717) is 25.3 Å². The lowest BCUT2D eigenvalue weighted by Crippen LogP contribution is -2.44. The molecule has 2 fully saturated rings. The molecule has 1 saturated heterocycles. The molecule has 1 spiro atoms. The van der Waals surface area contributed by atoms with Crippen molar-refractivity contribution in [3.8, 4) is 5.75 Å². The third-order valence-corrected chi connectivity index (χ3v) is 8.91. The van der Waals surface area contributed by atoms with Crippen LogP contribution in [0.3, 0.4) is 0 Å². The highest BCUT2D eigenvalue weighted by Crippen LogP contribution is 2.43. The summed E-state index contributed by atoms with van der Waals surface area (Å²) in [4.78, 5) is 30.0. The number of amides is 1. The van der Waals surface area contributed by atoms with E-state index in [-0.39, 0.29) is 49.9 Å². The van der Waals surface area contributed by atoms with Gasteiger partial charge in [0.1, 0.15) is 17.2 Å². The van der Waals surface area contributed by atoms with Gasteiger partial charge in [-0.3, -0.25) is 14.2 Å². The maximum atomic E-state index is 14.0. The molecular weight excluding hydrogens is 495 g/mol. The van der Waals surface area contributed by atoms with Gasteiger partial charge >= 0.3 is 0 Å². The summed E-state index contributed by atoms with van der Waals surface area (Å²) in [5.41, 5.74) is -1.79. The van der Waals surface area contributed by atoms with Crippen LogP contribution < -0.4 is 10.9 Å². The molecule has 2 aromatic rings. The van der Waals surface area contributed by atoms with E-state index in [2.05, 4.69) is 10.3 Å². The predicted octanol–water partition coefficient (Wildman–Crippen LogP) is 0.838. The molecule has 1 aliphatic carbocycles. The van der Waals surface area contributed by atoms with Crippen molar-refractivity contribution in [2.75, 3.05) is 32.9 Å². The van der Waals surface area contributed by atoms with Gasteiger partial charge in [0.05, 0.1) is 31.3 Å². The highest BCUT2D eigenvalue weighted by Gasteiger charge is 2.44. The van der Waals surface area contributed by atoms with Gasteiger partial charge in [-0.2, -0.15) is 4.31 Å². The molecule has 0 radical (unpaired) electrons. The first-order valence-electron chi connectivity index (χ1n) is 11.9. The first kappa shape index (κ1) is 24.8. The molecule has 5 rings (SSSR count). The Morgan fingerprint density at radius 1 is 1.17 bits per heavy atom. The molecule has 0 bridgehead atoms. The third kappa shape index (κ3) is 4.29. The summed E-state index contributed by atoms with van der Waals surface area (Å²) in [6, 6.07) is 3.29. The van der Waals surface area contributed by atoms with Gasteiger partial charge in [0.2, 0.25) is 15.8 Å². The molecule has 194 valence electrons. The van der Waals surface area contributed by atoms with E-state index >= 15 is 0 Å². The maximum absolute atomic E-state index is 14.0. The topological polar surface area (TPSA) is 140 Å². The number of hydrogen-bond donors (Lipinski definition) is 2. The standard InChI is InChI=1S/C23H27FN4O7S/c24-16-4-3-15(17(13-16)36(32,33)27-7-10-34-11-8-27)14-25-20(30)18-19(29)21(31)28-9-12-35-23(22(28)26-18)5-1-2-6-23/h3-4,13,29H,1-2,5-12,14H2,(H,25,30).